The highest BCUT2D eigenvalue weighted by Gasteiger charge is 2.58. The highest BCUT2D eigenvalue weighted by Crippen LogP contribution is 2.52. The number of carbonyl (C=O) groups excluding carboxylic acids is 2. The Balaban J connectivity index is 1.60. The first kappa shape index (κ1) is 21.0. The summed E-state index contributed by atoms with van der Waals surface area (Å²) in [4.78, 5) is 41.1. The first-order valence-electron chi connectivity index (χ1n) is 10.6. The van der Waals surface area contributed by atoms with Gasteiger partial charge in [-0.05, 0) is 43.4 Å². The second-order valence-electron chi connectivity index (χ2n) is 9.47. The zero-order valence-electron chi connectivity index (χ0n) is 17.8. The molecule has 1 fully saturated rings. The molecule has 1 aromatic heterocycles. The van der Waals surface area contributed by atoms with Crippen LogP contribution in [-0.2, 0) is 18.6 Å². The maximum absolute atomic E-state index is 13.5. The number of amides is 2. The zero-order chi connectivity index (χ0) is 23.0. The van der Waals surface area contributed by atoms with E-state index < -0.39 is 28.7 Å². The van der Waals surface area contributed by atoms with Gasteiger partial charge in [0.1, 0.15) is 17.2 Å². The third-order valence-electron chi connectivity index (χ3n) is 7.32. The number of benzene rings is 1. The molecule has 2 N–H and O–H groups in total. The van der Waals surface area contributed by atoms with E-state index in [1.54, 1.807) is 0 Å². The minimum Gasteiger partial charge on any atom is -0.502 e. The summed E-state index contributed by atoms with van der Waals surface area (Å²) in [6.45, 7) is 4.42. The standard InChI is InChI=1S/C23H23ClFN3O4/c1-22(2)7-3-8-23(22)26-19(30)17-13-6-9-27(11-12-4-5-15(25)14(24)10-12)20(31)16(13)18(29)21(32)28(17)23/h4-5,10,29H,3,6-9,11H2,1-2H3,(H,26,30). The molecule has 2 aliphatic heterocycles. The number of hydrogen-bond donors (Lipinski definition) is 2. The smallest absolute Gasteiger partial charge is 0.296 e. The van der Waals surface area contributed by atoms with Crippen LogP contribution in [0.1, 0.15) is 65.1 Å². The molecule has 168 valence electrons. The van der Waals surface area contributed by atoms with Gasteiger partial charge in [-0.2, -0.15) is 0 Å². The Kier molecular flexibility index (Phi) is 4.47. The predicted molar refractivity (Wildman–Crippen MR) is 115 cm³/mol. The van der Waals surface area contributed by atoms with Crippen LogP contribution in [-0.4, -0.2) is 32.9 Å². The van der Waals surface area contributed by atoms with Gasteiger partial charge in [-0.25, -0.2) is 4.39 Å². The molecule has 7 nitrogen and oxygen atoms in total. The van der Waals surface area contributed by atoms with Gasteiger partial charge in [-0.1, -0.05) is 31.5 Å². The number of nitrogens with zero attached hydrogens (tertiary/aromatic N) is 2. The maximum Gasteiger partial charge on any atom is 0.296 e. The van der Waals surface area contributed by atoms with E-state index in [0.717, 1.165) is 12.8 Å². The number of rotatable bonds is 2. The van der Waals surface area contributed by atoms with E-state index in [9.17, 15) is 23.9 Å². The number of pyridine rings is 1. The molecule has 1 spiro atoms. The van der Waals surface area contributed by atoms with Gasteiger partial charge < -0.3 is 15.3 Å². The van der Waals surface area contributed by atoms with Crippen molar-refractivity contribution in [3.05, 3.63) is 61.8 Å². The molecular formula is C23H23ClFN3O4. The summed E-state index contributed by atoms with van der Waals surface area (Å²) in [6, 6.07) is 4.20. The Hall–Kier alpha value is -2.87. The molecule has 1 atom stereocenters. The Labute approximate surface area is 188 Å². The molecule has 32 heavy (non-hydrogen) atoms. The number of aromatic hydroxyl groups is 1. The number of nitrogens with one attached hydrogen (secondary N) is 1. The zero-order valence-corrected chi connectivity index (χ0v) is 18.6. The minimum absolute atomic E-state index is 0.0487. The van der Waals surface area contributed by atoms with Gasteiger partial charge in [0.2, 0.25) is 0 Å². The second-order valence-corrected chi connectivity index (χ2v) is 9.88. The van der Waals surface area contributed by atoms with Crippen molar-refractivity contribution in [1.82, 2.24) is 14.8 Å². The summed E-state index contributed by atoms with van der Waals surface area (Å²) in [7, 11) is 0. The van der Waals surface area contributed by atoms with Crippen LogP contribution >= 0.6 is 11.6 Å². The quantitative estimate of drug-likeness (QED) is 0.721. The van der Waals surface area contributed by atoms with Gasteiger partial charge in [0.05, 0.1) is 10.6 Å². The summed E-state index contributed by atoms with van der Waals surface area (Å²) in [5.74, 6) is -2.11. The molecule has 1 aliphatic carbocycles. The largest absolute Gasteiger partial charge is 0.502 e. The normalized spacial score (nSPS) is 23.4. The molecule has 2 amide bonds. The summed E-state index contributed by atoms with van der Waals surface area (Å²) in [6.07, 6.45) is 2.55. The number of aromatic nitrogens is 1. The first-order valence-corrected chi connectivity index (χ1v) is 11.0. The van der Waals surface area contributed by atoms with Gasteiger partial charge in [-0.3, -0.25) is 19.0 Å². The fourth-order valence-electron chi connectivity index (χ4n) is 5.58. The van der Waals surface area contributed by atoms with Crippen molar-refractivity contribution in [2.75, 3.05) is 6.54 Å². The summed E-state index contributed by atoms with van der Waals surface area (Å²) in [5.41, 5.74) is -0.946. The van der Waals surface area contributed by atoms with E-state index in [0.29, 0.717) is 24.0 Å². The van der Waals surface area contributed by atoms with Gasteiger partial charge in [-0.15, -0.1) is 0 Å². The average molecular weight is 460 g/mol. The summed E-state index contributed by atoms with van der Waals surface area (Å²) in [5, 5.41) is 13.8. The number of hydrogen-bond acceptors (Lipinski definition) is 4. The Morgan fingerprint density at radius 2 is 1.97 bits per heavy atom. The lowest BCUT2D eigenvalue weighted by molar-refractivity contribution is 0.0698. The lowest BCUT2D eigenvalue weighted by atomic mass is 9.81. The van der Waals surface area contributed by atoms with Crippen LogP contribution in [0.25, 0.3) is 0 Å². The van der Waals surface area contributed by atoms with E-state index in [2.05, 4.69) is 5.32 Å². The van der Waals surface area contributed by atoms with Crippen molar-refractivity contribution in [2.24, 2.45) is 5.41 Å². The highest BCUT2D eigenvalue weighted by molar-refractivity contribution is 6.30. The molecular weight excluding hydrogens is 437 g/mol. The van der Waals surface area contributed by atoms with Crippen LogP contribution in [0.5, 0.6) is 5.75 Å². The van der Waals surface area contributed by atoms with E-state index in [4.69, 9.17) is 11.6 Å². The number of halogens is 2. The molecule has 9 heteroatoms. The van der Waals surface area contributed by atoms with Crippen molar-refractivity contribution in [2.45, 2.75) is 51.7 Å². The first-order chi connectivity index (χ1) is 15.1. The topological polar surface area (TPSA) is 91.6 Å². The monoisotopic (exact) mass is 459 g/mol. The SMILES string of the molecule is CC1(C)CCCC12NC(=O)c1c3c(c(O)c(=O)n12)C(=O)N(Cc1ccc(F)c(Cl)c1)CC3. The van der Waals surface area contributed by atoms with Crippen LogP contribution in [0.15, 0.2) is 23.0 Å². The third kappa shape index (κ3) is 2.68. The molecule has 3 aliphatic rings. The third-order valence-corrected chi connectivity index (χ3v) is 7.61. The Bertz CT molecular complexity index is 1250. The molecule has 1 saturated carbocycles. The van der Waals surface area contributed by atoms with E-state index in [1.807, 2.05) is 13.8 Å². The Morgan fingerprint density at radius 3 is 2.62 bits per heavy atom. The molecule has 0 saturated heterocycles. The van der Waals surface area contributed by atoms with Crippen molar-refractivity contribution < 1.29 is 19.1 Å². The predicted octanol–water partition coefficient (Wildman–Crippen LogP) is 3.15. The van der Waals surface area contributed by atoms with Crippen molar-refractivity contribution in [3.63, 3.8) is 0 Å². The van der Waals surface area contributed by atoms with Crippen LogP contribution in [0.3, 0.4) is 0 Å². The highest BCUT2D eigenvalue weighted by atomic mass is 35.5. The maximum atomic E-state index is 13.5. The number of fused-ring (bicyclic) bond motifs is 4. The van der Waals surface area contributed by atoms with Crippen LogP contribution in [0.2, 0.25) is 5.02 Å². The molecule has 3 heterocycles. The average Bonchev–Trinajstić information content (AvgIpc) is 3.20. The molecule has 1 aromatic carbocycles. The number of carbonyl (C=O) groups is 2. The van der Waals surface area contributed by atoms with Crippen molar-refractivity contribution in [1.29, 1.82) is 0 Å². The fraction of sp³-hybridized carbons (Fsp3) is 0.435. The Morgan fingerprint density at radius 1 is 1.22 bits per heavy atom. The lowest BCUT2D eigenvalue weighted by Gasteiger charge is -2.40. The van der Waals surface area contributed by atoms with Gasteiger partial charge in [0.15, 0.2) is 5.75 Å². The molecule has 1 unspecified atom stereocenters. The van der Waals surface area contributed by atoms with Gasteiger partial charge in [0.25, 0.3) is 17.4 Å². The minimum atomic E-state index is -0.909. The summed E-state index contributed by atoms with van der Waals surface area (Å²) < 4.78 is 14.9. The van der Waals surface area contributed by atoms with E-state index in [-0.39, 0.29) is 40.7 Å². The lowest BCUT2D eigenvalue weighted by Crippen LogP contribution is -2.54. The van der Waals surface area contributed by atoms with E-state index >= 15 is 0 Å². The van der Waals surface area contributed by atoms with E-state index in [1.165, 1.54) is 27.7 Å². The van der Waals surface area contributed by atoms with Gasteiger partial charge >= 0.3 is 0 Å². The van der Waals surface area contributed by atoms with Gasteiger partial charge in [0, 0.05) is 24.1 Å². The van der Waals surface area contributed by atoms with Crippen LogP contribution < -0.4 is 10.9 Å². The van der Waals surface area contributed by atoms with Crippen molar-refractivity contribution >= 4 is 23.4 Å². The van der Waals surface area contributed by atoms with Crippen LogP contribution in [0.4, 0.5) is 4.39 Å². The molecule has 0 bridgehead atoms. The summed E-state index contributed by atoms with van der Waals surface area (Å²) >= 11 is 5.85. The second kappa shape index (κ2) is 6.81. The molecule has 5 rings (SSSR count). The molecule has 2 aromatic rings. The van der Waals surface area contributed by atoms with Crippen molar-refractivity contribution in [3.8, 4) is 5.75 Å². The fourth-order valence-corrected chi connectivity index (χ4v) is 5.79. The van der Waals surface area contributed by atoms with Crippen LogP contribution in [0, 0.1) is 11.2 Å². The molecule has 0 radical (unpaired) electrons.